The highest BCUT2D eigenvalue weighted by atomic mass is 79.9. The first-order chi connectivity index (χ1) is 9.20. The predicted octanol–water partition coefficient (Wildman–Crippen LogP) is 2.91. The first-order valence-corrected chi connectivity index (χ1v) is 7.92. The van der Waals surface area contributed by atoms with Crippen LogP contribution in [0.1, 0.15) is 31.7 Å². The highest BCUT2D eigenvalue weighted by Crippen LogP contribution is 2.27. The highest BCUT2D eigenvalue weighted by Gasteiger charge is 2.20. The highest BCUT2D eigenvalue weighted by molar-refractivity contribution is 9.10. The van der Waals surface area contributed by atoms with Gasteiger partial charge in [-0.2, -0.15) is 0 Å². The van der Waals surface area contributed by atoms with Gasteiger partial charge in [0.05, 0.1) is 6.10 Å². The van der Waals surface area contributed by atoms with Crippen LogP contribution in [-0.4, -0.2) is 30.8 Å². The van der Waals surface area contributed by atoms with Crippen molar-refractivity contribution >= 4 is 21.6 Å². The van der Waals surface area contributed by atoms with Crippen molar-refractivity contribution in [3.63, 3.8) is 0 Å². The number of nitrogens with one attached hydrogen (secondary N) is 1. The Morgan fingerprint density at radius 3 is 3.05 bits per heavy atom. The zero-order chi connectivity index (χ0) is 13.7. The van der Waals surface area contributed by atoms with Gasteiger partial charge in [-0.25, -0.2) is 0 Å². The molecule has 1 aromatic carbocycles. The van der Waals surface area contributed by atoms with Crippen LogP contribution in [0.25, 0.3) is 0 Å². The van der Waals surface area contributed by atoms with Crippen LogP contribution in [0.4, 0.5) is 5.69 Å². The van der Waals surface area contributed by atoms with E-state index in [1.54, 1.807) is 0 Å². The second-order valence-corrected chi connectivity index (χ2v) is 6.11. The van der Waals surface area contributed by atoms with Gasteiger partial charge in [-0.15, -0.1) is 0 Å². The topological polar surface area (TPSA) is 35.5 Å². The Kier molecular flexibility index (Phi) is 5.67. The number of rotatable bonds is 5. The van der Waals surface area contributed by atoms with E-state index in [0.29, 0.717) is 0 Å². The molecule has 4 heteroatoms. The number of nitrogens with zero attached hydrogens (tertiary/aromatic N) is 1. The van der Waals surface area contributed by atoms with Gasteiger partial charge < -0.3 is 15.3 Å². The number of β-amino-alcohol motifs (C(OH)–C–C–N with tert-alkyl or cyclic N) is 1. The lowest BCUT2D eigenvalue weighted by molar-refractivity contribution is 0.154. The number of hydrogen-bond acceptors (Lipinski definition) is 3. The van der Waals surface area contributed by atoms with Crippen molar-refractivity contribution in [3.05, 3.63) is 28.2 Å². The monoisotopic (exact) mass is 326 g/mol. The Morgan fingerprint density at radius 2 is 2.32 bits per heavy atom. The standard InChI is InChI=1S/C15H23BrN2O/c1-2-7-17-10-12-5-6-13(16)9-15(12)18-8-3-4-14(19)11-18/h5-6,9,14,17,19H,2-4,7-8,10-11H2,1H3. The van der Waals surface area contributed by atoms with Crippen molar-refractivity contribution in [1.82, 2.24) is 5.32 Å². The molecule has 1 aliphatic rings. The summed E-state index contributed by atoms with van der Waals surface area (Å²) in [6, 6.07) is 6.43. The molecule has 0 aliphatic carbocycles. The summed E-state index contributed by atoms with van der Waals surface area (Å²) in [5, 5.41) is 13.3. The Bertz CT molecular complexity index is 411. The predicted molar refractivity (Wildman–Crippen MR) is 83.6 cm³/mol. The van der Waals surface area contributed by atoms with Crippen molar-refractivity contribution in [3.8, 4) is 0 Å². The van der Waals surface area contributed by atoms with Crippen molar-refractivity contribution in [1.29, 1.82) is 0 Å². The molecule has 1 aromatic rings. The van der Waals surface area contributed by atoms with Crippen LogP contribution in [0, 0.1) is 0 Å². The summed E-state index contributed by atoms with van der Waals surface area (Å²) in [6.07, 6.45) is 2.95. The van der Waals surface area contributed by atoms with E-state index in [0.717, 1.165) is 49.9 Å². The first-order valence-electron chi connectivity index (χ1n) is 7.13. The molecule has 1 heterocycles. The van der Waals surface area contributed by atoms with Crippen LogP contribution in [-0.2, 0) is 6.54 Å². The van der Waals surface area contributed by atoms with Gasteiger partial charge >= 0.3 is 0 Å². The summed E-state index contributed by atoms with van der Waals surface area (Å²) in [5.74, 6) is 0. The number of benzene rings is 1. The maximum atomic E-state index is 9.85. The van der Waals surface area contributed by atoms with E-state index in [9.17, 15) is 5.11 Å². The first kappa shape index (κ1) is 14.8. The summed E-state index contributed by atoms with van der Waals surface area (Å²) >= 11 is 3.55. The number of anilines is 1. The zero-order valence-corrected chi connectivity index (χ0v) is 13.1. The Labute approximate surface area is 124 Å². The molecule has 0 radical (unpaired) electrons. The molecular weight excluding hydrogens is 304 g/mol. The van der Waals surface area contributed by atoms with Crippen molar-refractivity contribution < 1.29 is 5.11 Å². The van der Waals surface area contributed by atoms with Crippen molar-refractivity contribution in [2.75, 3.05) is 24.5 Å². The summed E-state index contributed by atoms with van der Waals surface area (Å²) in [7, 11) is 0. The van der Waals surface area contributed by atoms with E-state index < -0.39 is 0 Å². The number of aliphatic hydroxyl groups excluding tert-OH is 1. The Morgan fingerprint density at radius 1 is 1.47 bits per heavy atom. The van der Waals surface area contributed by atoms with Crippen LogP contribution in [0.15, 0.2) is 22.7 Å². The average Bonchev–Trinajstić information content (AvgIpc) is 2.40. The Hall–Kier alpha value is -0.580. The van der Waals surface area contributed by atoms with Gasteiger partial charge in [-0.3, -0.25) is 0 Å². The van der Waals surface area contributed by atoms with Crippen LogP contribution in [0.3, 0.4) is 0 Å². The lowest BCUT2D eigenvalue weighted by Crippen LogP contribution is -2.39. The summed E-state index contributed by atoms with van der Waals surface area (Å²) in [6.45, 7) is 5.89. The second kappa shape index (κ2) is 7.27. The third-order valence-corrected chi connectivity index (χ3v) is 4.02. The molecule has 19 heavy (non-hydrogen) atoms. The molecule has 2 rings (SSSR count). The minimum absolute atomic E-state index is 0.191. The fraction of sp³-hybridized carbons (Fsp3) is 0.600. The fourth-order valence-electron chi connectivity index (χ4n) is 2.55. The molecule has 1 saturated heterocycles. The quantitative estimate of drug-likeness (QED) is 0.817. The molecule has 0 bridgehead atoms. The van der Waals surface area contributed by atoms with E-state index in [-0.39, 0.29) is 6.10 Å². The largest absolute Gasteiger partial charge is 0.391 e. The van der Waals surface area contributed by atoms with Crippen LogP contribution in [0.5, 0.6) is 0 Å². The van der Waals surface area contributed by atoms with E-state index >= 15 is 0 Å². The molecule has 0 saturated carbocycles. The van der Waals surface area contributed by atoms with E-state index in [4.69, 9.17) is 0 Å². The van der Waals surface area contributed by atoms with Gasteiger partial charge in [-0.05, 0) is 43.5 Å². The van der Waals surface area contributed by atoms with Gasteiger partial charge in [0.15, 0.2) is 0 Å². The number of hydrogen-bond donors (Lipinski definition) is 2. The lowest BCUT2D eigenvalue weighted by atomic mass is 10.1. The van der Waals surface area contributed by atoms with Gasteiger partial charge in [-0.1, -0.05) is 28.9 Å². The summed E-state index contributed by atoms with van der Waals surface area (Å²) in [4.78, 5) is 2.31. The smallest absolute Gasteiger partial charge is 0.0715 e. The molecule has 3 nitrogen and oxygen atoms in total. The molecule has 1 atom stereocenters. The second-order valence-electron chi connectivity index (χ2n) is 5.19. The molecule has 1 aliphatic heterocycles. The molecule has 0 spiro atoms. The average molecular weight is 327 g/mol. The number of piperidine rings is 1. The normalized spacial score (nSPS) is 19.7. The summed E-state index contributed by atoms with van der Waals surface area (Å²) < 4.78 is 1.10. The molecular formula is C15H23BrN2O. The lowest BCUT2D eigenvalue weighted by Gasteiger charge is -2.33. The Balaban J connectivity index is 2.13. The maximum Gasteiger partial charge on any atom is 0.0715 e. The van der Waals surface area contributed by atoms with Gasteiger partial charge in [0.25, 0.3) is 0 Å². The zero-order valence-electron chi connectivity index (χ0n) is 11.5. The number of halogens is 1. The summed E-state index contributed by atoms with van der Waals surface area (Å²) in [5.41, 5.74) is 2.56. The van der Waals surface area contributed by atoms with Crippen LogP contribution < -0.4 is 10.2 Å². The molecule has 0 aromatic heterocycles. The van der Waals surface area contributed by atoms with Gasteiger partial charge in [0.2, 0.25) is 0 Å². The van der Waals surface area contributed by atoms with Crippen LogP contribution in [0.2, 0.25) is 0 Å². The van der Waals surface area contributed by atoms with Crippen molar-refractivity contribution in [2.24, 2.45) is 0 Å². The number of aliphatic hydroxyl groups is 1. The molecule has 2 N–H and O–H groups in total. The fourth-order valence-corrected chi connectivity index (χ4v) is 2.90. The third kappa shape index (κ3) is 4.20. The SMILES string of the molecule is CCCNCc1ccc(Br)cc1N1CCCC(O)C1. The minimum Gasteiger partial charge on any atom is -0.391 e. The molecule has 0 amide bonds. The third-order valence-electron chi connectivity index (χ3n) is 3.53. The molecule has 1 unspecified atom stereocenters. The molecule has 1 fully saturated rings. The van der Waals surface area contributed by atoms with Crippen molar-refractivity contribution in [2.45, 2.75) is 38.8 Å². The van der Waals surface area contributed by atoms with E-state index in [1.165, 1.54) is 11.3 Å². The minimum atomic E-state index is -0.191. The molecule has 106 valence electrons. The maximum absolute atomic E-state index is 9.85. The van der Waals surface area contributed by atoms with E-state index in [2.05, 4.69) is 51.3 Å². The van der Waals surface area contributed by atoms with E-state index in [1.807, 2.05) is 0 Å². The van der Waals surface area contributed by atoms with Crippen LogP contribution >= 0.6 is 15.9 Å². The van der Waals surface area contributed by atoms with Gasteiger partial charge in [0.1, 0.15) is 0 Å². The van der Waals surface area contributed by atoms with Gasteiger partial charge in [0, 0.05) is 29.8 Å².